The predicted octanol–water partition coefficient (Wildman–Crippen LogP) is 0.757. The summed E-state index contributed by atoms with van der Waals surface area (Å²) in [6, 6.07) is 6.58. The molecule has 0 radical (unpaired) electrons. The first-order chi connectivity index (χ1) is 7.15. The molecule has 5 heteroatoms. The molecule has 0 aromatic heterocycles. The molecular formula is C10H9NO4. The van der Waals surface area contributed by atoms with Crippen LogP contribution in [0.5, 0.6) is 0 Å². The smallest absolute Gasteiger partial charge is 0.320 e. The van der Waals surface area contributed by atoms with Gasteiger partial charge in [-0.15, -0.1) is 0 Å². The van der Waals surface area contributed by atoms with Crippen LogP contribution >= 0.6 is 0 Å². The van der Waals surface area contributed by atoms with Gasteiger partial charge in [-0.25, -0.2) is 0 Å². The Balaban J connectivity index is 2.19. The molecule has 0 saturated carbocycles. The van der Waals surface area contributed by atoms with Crippen LogP contribution in [0.1, 0.15) is 18.3 Å². The molecule has 1 aromatic carbocycles. The molecule has 0 unspecified atom stereocenters. The van der Waals surface area contributed by atoms with E-state index < -0.39 is 18.2 Å². The maximum Gasteiger partial charge on any atom is 0.320 e. The van der Waals surface area contributed by atoms with Gasteiger partial charge in [-0.3, -0.25) is 9.59 Å². The molecule has 2 N–H and O–H groups in total. The minimum Gasteiger partial charge on any atom is -0.420 e. The largest absolute Gasteiger partial charge is 0.420 e. The van der Waals surface area contributed by atoms with Crippen molar-refractivity contribution in [2.75, 3.05) is 5.73 Å². The van der Waals surface area contributed by atoms with Gasteiger partial charge in [0, 0.05) is 11.3 Å². The Hall–Kier alpha value is -2.04. The van der Waals surface area contributed by atoms with Gasteiger partial charge in [0.05, 0.1) is 0 Å². The van der Waals surface area contributed by atoms with E-state index in [1.807, 2.05) is 0 Å². The first kappa shape index (κ1) is 9.51. The lowest BCUT2D eigenvalue weighted by Gasteiger charge is -2.22. The van der Waals surface area contributed by atoms with Gasteiger partial charge in [-0.1, -0.05) is 0 Å². The van der Waals surface area contributed by atoms with E-state index in [0.717, 1.165) is 0 Å². The number of anilines is 1. The third kappa shape index (κ3) is 2.07. The van der Waals surface area contributed by atoms with Crippen LogP contribution in [0, 0.1) is 0 Å². The van der Waals surface area contributed by atoms with Crippen LogP contribution in [0.25, 0.3) is 0 Å². The van der Waals surface area contributed by atoms with Crippen molar-refractivity contribution < 1.29 is 19.1 Å². The molecule has 1 fully saturated rings. The van der Waals surface area contributed by atoms with Gasteiger partial charge in [-0.2, -0.15) is 0 Å². The standard InChI is InChI=1S/C10H9NO4/c11-7-3-1-6(2-4-7)10-14-8(12)5-9(13)15-10/h1-4,10H,5,11H2. The average molecular weight is 207 g/mol. The number of nitrogens with two attached hydrogens (primary N) is 1. The number of nitrogen functional groups attached to an aromatic ring is 1. The molecule has 1 heterocycles. The lowest BCUT2D eigenvalue weighted by atomic mass is 10.2. The maximum atomic E-state index is 11.0. The highest BCUT2D eigenvalue weighted by Gasteiger charge is 2.28. The summed E-state index contributed by atoms with van der Waals surface area (Å²) in [6.07, 6.45) is -1.27. The highest BCUT2D eigenvalue weighted by molar-refractivity contribution is 5.92. The second kappa shape index (κ2) is 3.61. The monoisotopic (exact) mass is 207 g/mol. The number of ether oxygens (including phenoxy) is 2. The van der Waals surface area contributed by atoms with Crippen LogP contribution in [-0.2, 0) is 19.1 Å². The van der Waals surface area contributed by atoms with Crippen molar-refractivity contribution in [3.63, 3.8) is 0 Å². The fraction of sp³-hybridized carbons (Fsp3) is 0.200. The van der Waals surface area contributed by atoms with Crippen molar-refractivity contribution in [1.82, 2.24) is 0 Å². The topological polar surface area (TPSA) is 78.6 Å². The minimum atomic E-state index is -0.945. The van der Waals surface area contributed by atoms with E-state index >= 15 is 0 Å². The van der Waals surface area contributed by atoms with Crippen molar-refractivity contribution in [3.8, 4) is 0 Å². The fourth-order valence-corrected chi connectivity index (χ4v) is 1.25. The fourth-order valence-electron chi connectivity index (χ4n) is 1.25. The molecule has 1 aromatic rings. The van der Waals surface area contributed by atoms with Crippen molar-refractivity contribution in [1.29, 1.82) is 0 Å². The van der Waals surface area contributed by atoms with Crippen LogP contribution in [0.2, 0.25) is 0 Å². The summed E-state index contributed by atoms with van der Waals surface area (Å²) < 4.78 is 9.72. The predicted molar refractivity (Wildman–Crippen MR) is 50.4 cm³/mol. The number of benzene rings is 1. The zero-order valence-electron chi connectivity index (χ0n) is 7.80. The summed E-state index contributed by atoms with van der Waals surface area (Å²) in [4.78, 5) is 22.0. The van der Waals surface area contributed by atoms with Crippen molar-refractivity contribution in [3.05, 3.63) is 29.8 Å². The molecule has 0 amide bonds. The van der Waals surface area contributed by atoms with Crippen LogP contribution < -0.4 is 5.73 Å². The van der Waals surface area contributed by atoms with E-state index in [1.54, 1.807) is 24.3 Å². The molecule has 5 nitrogen and oxygen atoms in total. The van der Waals surface area contributed by atoms with Crippen LogP contribution in [0.3, 0.4) is 0 Å². The molecule has 0 bridgehead atoms. The summed E-state index contributed by atoms with van der Waals surface area (Å²) in [6.45, 7) is 0. The van der Waals surface area contributed by atoms with E-state index in [2.05, 4.69) is 0 Å². The van der Waals surface area contributed by atoms with E-state index in [0.29, 0.717) is 11.3 Å². The molecule has 0 spiro atoms. The Morgan fingerprint density at radius 2 is 1.60 bits per heavy atom. The summed E-state index contributed by atoms with van der Waals surface area (Å²) in [7, 11) is 0. The van der Waals surface area contributed by atoms with Crippen molar-refractivity contribution in [2.45, 2.75) is 12.7 Å². The highest BCUT2D eigenvalue weighted by atomic mass is 16.7. The molecule has 2 rings (SSSR count). The lowest BCUT2D eigenvalue weighted by Crippen LogP contribution is -2.26. The number of carbonyl (C=O) groups excluding carboxylic acids is 2. The molecular weight excluding hydrogens is 198 g/mol. The summed E-state index contributed by atoms with van der Waals surface area (Å²) in [5, 5.41) is 0. The Labute approximate surface area is 85.8 Å². The number of hydrogen-bond donors (Lipinski definition) is 1. The van der Waals surface area contributed by atoms with E-state index in [9.17, 15) is 9.59 Å². The lowest BCUT2D eigenvalue weighted by molar-refractivity contribution is -0.204. The maximum absolute atomic E-state index is 11.0. The molecule has 78 valence electrons. The number of rotatable bonds is 1. The van der Waals surface area contributed by atoms with Gasteiger partial charge in [0.1, 0.15) is 6.42 Å². The first-order valence-electron chi connectivity index (χ1n) is 4.39. The van der Waals surface area contributed by atoms with Crippen molar-refractivity contribution in [2.24, 2.45) is 0 Å². The third-order valence-electron chi connectivity index (χ3n) is 1.97. The Kier molecular flexibility index (Phi) is 2.29. The van der Waals surface area contributed by atoms with Gasteiger partial charge in [0.2, 0.25) is 0 Å². The molecule has 0 atom stereocenters. The zero-order valence-corrected chi connectivity index (χ0v) is 7.80. The van der Waals surface area contributed by atoms with Gasteiger partial charge in [0.25, 0.3) is 6.29 Å². The van der Waals surface area contributed by atoms with E-state index in [-0.39, 0.29) is 6.42 Å². The number of hydrogen-bond acceptors (Lipinski definition) is 5. The summed E-state index contributed by atoms with van der Waals surface area (Å²) >= 11 is 0. The van der Waals surface area contributed by atoms with Crippen LogP contribution in [0.15, 0.2) is 24.3 Å². The quantitative estimate of drug-likeness (QED) is 0.417. The van der Waals surface area contributed by atoms with Gasteiger partial charge in [0.15, 0.2) is 0 Å². The van der Waals surface area contributed by atoms with Gasteiger partial charge >= 0.3 is 11.9 Å². The van der Waals surface area contributed by atoms with Gasteiger partial charge in [-0.05, 0) is 24.3 Å². The molecule has 15 heavy (non-hydrogen) atoms. The summed E-state index contributed by atoms with van der Waals surface area (Å²) in [5.41, 5.74) is 6.67. The van der Waals surface area contributed by atoms with Crippen LogP contribution in [0.4, 0.5) is 5.69 Å². The highest BCUT2D eigenvalue weighted by Crippen LogP contribution is 2.24. The Bertz CT molecular complexity index is 382. The third-order valence-corrected chi connectivity index (χ3v) is 1.97. The van der Waals surface area contributed by atoms with Crippen LogP contribution in [-0.4, -0.2) is 11.9 Å². The number of esters is 2. The molecule has 1 aliphatic heterocycles. The number of carbonyl (C=O) groups is 2. The molecule has 1 saturated heterocycles. The first-order valence-corrected chi connectivity index (χ1v) is 4.39. The SMILES string of the molecule is Nc1ccc(C2OC(=O)CC(=O)O2)cc1. The minimum absolute atomic E-state index is 0.328. The number of cyclic esters (lactones) is 2. The Morgan fingerprint density at radius 1 is 1.07 bits per heavy atom. The molecule has 1 aliphatic rings. The zero-order chi connectivity index (χ0) is 10.8. The Morgan fingerprint density at radius 3 is 2.13 bits per heavy atom. The van der Waals surface area contributed by atoms with Gasteiger partial charge < -0.3 is 15.2 Å². The molecule has 0 aliphatic carbocycles. The second-order valence-electron chi connectivity index (χ2n) is 3.16. The van der Waals surface area contributed by atoms with E-state index in [1.165, 1.54) is 0 Å². The second-order valence-corrected chi connectivity index (χ2v) is 3.16. The normalized spacial score (nSPS) is 17.1. The van der Waals surface area contributed by atoms with Crippen molar-refractivity contribution >= 4 is 17.6 Å². The summed E-state index contributed by atoms with van der Waals surface area (Å²) in [5.74, 6) is -1.15. The average Bonchev–Trinajstić information content (AvgIpc) is 2.17. The van der Waals surface area contributed by atoms with E-state index in [4.69, 9.17) is 15.2 Å².